The van der Waals surface area contributed by atoms with Crippen molar-refractivity contribution in [1.29, 1.82) is 0 Å². The highest BCUT2D eigenvalue weighted by atomic mass is 16.4. The first-order valence-corrected chi connectivity index (χ1v) is 6.90. The Balaban J connectivity index is 1.94. The maximum atomic E-state index is 11.7. The molecule has 0 saturated heterocycles. The van der Waals surface area contributed by atoms with Gasteiger partial charge in [-0.25, -0.2) is 4.79 Å². The number of hydrogen-bond donors (Lipinski definition) is 2. The van der Waals surface area contributed by atoms with Crippen LogP contribution in [-0.4, -0.2) is 17.0 Å². The normalized spacial score (nSPS) is 14.3. The molecule has 0 saturated carbocycles. The van der Waals surface area contributed by atoms with Crippen LogP contribution in [0.25, 0.3) is 11.0 Å². The van der Waals surface area contributed by atoms with E-state index in [0.717, 1.165) is 49.0 Å². The monoisotopic (exact) mass is 285 g/mol. The van der Waals surface area contributed by atoms with Gasteiger partial charge in [0.05, 0.1) is 5.69 Å². The van der Waals surface area contributed by atoms with E-state index in [1.54, 1.807) is 6.07 Å². The van der Waals surface area contributed by atoms with Crippen molar-refractivity contribution < 1.29 is 19.1 Å². The fraction of sp³-hybridized carbons (Fsp3) is 0.250. The number of rotatable bonds is 3. The number of anilines is 1. The van der Waals surface area contributed by atoms with Crippen LogP contribution in [0.3, 0.4) is 0 Å². The summed E-state index contributed by atoms with van der Waals surface area (Å²) in [4.78, 5) is 22.1. The topological polar surface area (TPSA) is 79.5 Å². The van der Waals surface area contributed by atoms with Crippen molar-refractivity contribution in [2.24, 2.45) is 0 Å². The first-order chi connectivity index (χ1) is 10.1. The molecule has 5 nitrogen and oxygen atoms in total. The molecule has 2 aromatic rings. The first kappa shape index (κ1) is 13.4. The Hall–Kier alpha value is -2.56. The number of furan rings is 1. The van der Waals surface area contributed by atoms with Crippen molar-refractivity contribution in [3.63, 3.8) is 0 Å². The molecule has 0 unspecified atom stereocenters. The number of carbonyl (C=O) groups is 2. The molecule has 108 valence electrons. The van der Waals surface area contributed by atoms with E-state index in [2.05, 4.69) is 5.32 Å². The highest BCUT2D eigenvalue weighted by Crippen LogP contribution is 2.35. The van der Waals surface area contributed by atoms with Crippen molar-refractivity contribution in [2.75, 3.05) is 5.32 Å². The predicted molar refractivity (Wildman–Crippen MR) is 78.3 cm³/mol. The van der Waals surface area contributed by atoms with E-state index < -0.39 is 11.9 Å². The smallest absolute Gasteiger partial charge is 0.328 e. The van der Waals surface area contributed by atoms with Crippen LogP contribution in [-0.2, 0) is 22.4 Å². The molecule has 0 atom stereocenters. The molecule has 0 aliphatic heterocycles. The summed E-state index contributed by atoms with van der Waals surface area (Å²) in [5.41, 5.74) is 2.47. The number of carboxylic acids is 1. The van der Waals surface area contributed by atoms with Gasteiger partial charge < -0.3 is 14.8 Å². The van der Waals surface area contributed by atoms with E-state index in [0.29, 0.717) is 11.3 Å². The van der Waals surface area contributed by atoms with E-state index in [1.807, 2.05) is 12.1 Å². The van der Waals surface area contributed by atoms with Crippen LogP contribution in [0.5, 0.6) is 0 Å². The molecule has 0 fully saturated rings. The number of nitrogens with one attached hydrogen (secondary N) is 1. The first-order valence-electron chi connectivity index (χ1n) is 6.90. The maximum Gasteiger partial charge on any atom is 0.328 e. The fourth-order valence-corrected chi connectivity index (χ4v) is 2.70. The van der Waals surface area contributed by atoms with Crippen LogP contribution < -0.4 is 5.32 Å². The minimum absolute atomic E-state index is 0.487. The van der Waals surface area contributed by atoms with Crippen molar-refractivity contribution in [3.05, 3.63) is 41.7 Å². The van der Waals surface area contributed by atoms with Gasteiger partial charge in [-0.1, -0.05) is 12.1 Å². The molecule has 1 amide bonds. The summed E-state index contributed by atoms with van der Waals surface area (Å²) >= 11 is 0. The molecule has 1 aromatic carbocycles. The lowest BCUT2D eigenvalue weighted by Crippen LogP contribution is -2.08. The van der Waals surface area contributed by atoms with Gasteiger partial charge in [0.25, 0.3) is 0 Å². The molecule has 5 heteroatoms. The summed E-state index contributed by atoms with van der Waals surface area (Å²) < 4.78 is 5.89. The Labute approximate surface area is 121 Å². The van der Waals surface area contributed by atoms with Crippen LogP contribution in [0.1, 0.15) is 24.2 Å². The second-order valence-corrected chi connectivity index (χ2v) is 5.05. The summed E-state index contributed by atoms with van der Waals surface area (Å²) in [5.74, 6) is -0.643. The SMILES string of the molecule is O=C(O)/C=C/C(=O)Nc1cccc2c3c(oc12)CCCC3. The molecule has 21 heavy (non-hydrogen) atoms. The van der Waals surface area contributed by atoms with Crippen LogP contribution in [0.4, 0.5) is 5.69 Å². The quantitative estimate of drug-likeness (QED) is 0.850. The van der Waals surface area contributed by atoms with Crippen molar-refractivity contribution in [2.45, 2.75) is 25.7 Å². The highest BCUT2D eigenvalue weighted by molar-refractivity contribution is 6.06. The van der Waals surface area contributed by atoms with Crippen molar-refractivity contribution in [1.82, 2.24) is 0 Å². The number of benzene rings is 1. The minimum Gasteiger partial charge on any atom is -0.478 e. The second-order valence-electron chi connectivity index (χ2n) is 5.05. The Kier molecular flexibility index (Phi) is 3.48. The summed E-state index contributed by atoms with van der Waals surface area (Å²) in [5, 5.41) is 12.2. The van der Waals surface area contributed by atoms with Gasteiger partial charge in [0.15, 0.2) is 5.58 Å². The zero-order chi connectivity index (χ0) is 14.8. The molecule has 2 N–H and O–H groups in total. The molecule has 1 aliphatic rings. The van der Waals surface area contributed by atoms with Gasteiger partial charge in [-0.05, 0) is 25.3 Å². The van der Waals surface area contributed by atoms with Gasteiger partial charge in [0.1, 0.15) is 5.76 Å². The number of fused-ring (bicyclic) bond motifs is 3. The lowest BCUT2D eigenvalue weighted by molar-refractivity contribution is -0.131. The Morgan fingerprint density at radius 1 is 1.19 bits per heavy atom. The third-order valence-corrected chi connectivity index (χ3v) is 3.62. The average Bonchev–Trinajstić information content (AvgIpc) is 2.85. The summed E-state index contributed by atoms with van der Waals surface area (Å²) in [6, 6.07) is 5.61. The summed E-state index contributed by atoms with van der Waals surface area (Å²) in [6.07, 6.45) is 6.00. The van der Waals surface area contributed by atoms with Gasteiger partial charge in [-0.3, -0.25) is 4.79 Å². The van der Waals surface area contributed by atoms with E-state index in [1.165, 1.54) is 5.56 Å². The summed E-state index contributed by atoms with van der Waals surface area (Å²) in [7, 11) is 0. The van der Waals surface area contributed by atoms with Crippen LogP contribution in [0, 0.1) is 0 Å². The fourth-order valence-electron chi connectivity index (χ4n) is 2.70. The van der Waals surface area contributed by atoms with Gasteiger partial charge in [-0.15, -0.1) is 0 Å². The lowest BCUT2D eigenvalue weighted by atomic mass is 9.96. The molecule has 1 heterocycles. The molecule has 3 rings (SSSR count). The number of amides is 1. The molecular weight excluding hydrogens is 270 g/mol. The van der Waals surface area contributed by atoms with Crippen molar-refractivity contribution in [3.8, 4) is 0 Å². The van der Waals surface area contributed by atoms with E-state index >= 15 is 0 Å². The number of para-hydroxylation sites is 1. The van der Waals surface area contributed by atoms with Crippen molar-refractivity contribution >= 4 is 28.5 Å². The second kappa shape index (κ2) is 5.44. The Bertz CT molecular complexity index is 742. The largest absolute Gasteiger partial charge is 0.478 e. The van der Waals surface area contributed by atoms with E-state index in [4.69, 9.17) is 9.52 Å². The molecular formula is C16H15NO4. The van der Waals surface area contributed by atoms with E-state index in [-0.39, 0.29) is 0 Å². The zero-order valence-electron chi connectivity index (χ0n) is 11.4. The Morgan fingerprint density at radius 3 is 2.81 bits per heavy atom. The number of aryl methyl sites for hydroxylation is 2. The molecule has 0 spiro atoms. The van der Waals surface area contributed by atoms with Crippen LogP contribution >= 0.6 is 0 Å². The maximum absolute atomic E-state index is 11.7. The lowest BCUT2D eigenvalue weighted by Gasteiger charge is -2.08. The average molecular weight is 285 g/mol. The number of aliphatic carboxylic acids is 1. The van der Waals surface area contributed by atoms with Crippen LogP contribution in [0.15, 0.2) is 34.8 Å². The number of carboxylic acid groups (broad SMARTS) is 1. The van der Waals surface area contributed by atoms with Gasteiger partial charge in [0, 0.05) is 29.5 Å². The molecule has 0 radical (unpaired) electrons. The zero-order valence-corrected chi connectivity index (χ0v) is 11.4. The van der Waals surface area contributed by atoms with Crippen LogP contribution in [0.2, 0.25) is 0 Å². The Morgan fingerprint density at radius 2 is 2.00 bits per heavy atom. The van der Waals surface area contributed by atoms with Gasteiger partial charge >= 0.3 is 5.97 Å². The molecule has 0 bridgehead atoms. The molecule has 1 aromatic heterocycles. The summed E-state index contributed by atoms with van der Waals surface area (Å²) in [6.45, 7) is 0. The predicted octanol–water partition coefficient (Wildman–Crippen LogP) is 2.89. The number of carbonyl (C=O) groups excluding carboxylic acids is 1. The third-order valence-electron chi connectivity index (χ3n) is 3.62. The third kappa shape index (κ3) is 2.67. The van der Waals surface area contributed by atoms with Gasteiger partial charge in [0.2, 0.25) is 5.91 Å². The molecule has 1 aliphatic carbocycles. The van der Waals surface area contributed by atoms with Gasteiger partial charge in [-0.2, -0.15) is 0 Å². The minimum atomic E-state index is -1.16. The standard InChI is InChI=1S/C16H15NO4/c18-14(8-9-15(19)20)17-12-6-3-5-11-10-4-1-2-7-13(10)21-16(11)12/h3,5-6,8-9H,1-2,4,7H2,(H,17,18)(H,19,20)/b9-8+. The van der Waals surface area contributed by atoms with E-state index in [9.17, 15) is 9.59 Å². The highest BCUT2D eigenvalue weighted by Gasteiger charge is 2.19. The number of hydrogen-bond acceptors (Lipinski definition) is 3.